The molecule has 0 radical (unpaired) electrons. The van der Waals surface area contributed by atoms with Gasteiger partial charge in [-0.3, -0.25) is 0 Å². The quantitative estimate of drug-likeness (QED) is 0.674. The van der Waals surface area contributed by atoms with E-state index in [1.165, 1.54) is 0 Å². The first-order valence-corrected chi connectivity index (χ1v) is 7.17. The van der Waals surface area contributed by atoms with Gasteiger partial charge in [-0.05, 0) is 5.92 Å². The molecule has 0 aromatic carbocycles. The molecule has 1 atom stereocenters. The van der Waals surface area contributed by atoms with Crippen LogP contribution in [-0.2, 0) is 14.6 Å². The molecule has 1 unspecified atom stereocenters. The summed E-state index contributed by atoms with van der Waals surface area (Å²) in [6.45, 7) is 6.96. The van der Waals surface area contributed by atoms with Crippen molar-refractivity contribution in [2.24, 2.45) is 5.92 Å². The van der Waals surface area contributed by atoms with Gasteiger partial charge >= 0.3 is 0 Å². The van der Waals surface area contributed by atoms with E-state index in [-0.39, 0.29) is 17.5 Å². The predicted molar refractivity (Wildman–Crippen MR) is 62.8 cm³/mol. The third-order valence-electron chi connectivity index (χ3n) is 2.41. The Labute approximate surface area is 93.3 Å². The maximum atomic E-state index is 11.2. The Hall–Kier alpha value is -0.130. The zero-order chi connectivity index (χ0) is 11.9. The first-order valence-electron chi connectivity index (χ1n) is 5.35. The first kappa shape index (κ1) is 14.9. The highest BCUT2D eigenvalue weighted by Gasteiger charge is 2.13. The topological polar surface area (TPSA) is 55.4 Å². The van der Waals surface area contributed by atoms with Crippen LogP contribution in [0.1, 0.15) is 20.8 Å². The summed E-state index contributed by atoms with van der Waals surface area (Å²) in [5.74, 6) is 0.858. The minimum Gasteiger partial charge on any atom is -0.383 e. The van der Waals surface area contributed by atoms with Gasteiger partial charge in [0.2, 0.25) is 0 Å². The van der Waals surface area contributed by atoms with Gasteiger partial charge in [-0.1, -0.05) is 20.8 Å². The molecule has 0 saturated carbocycles. The van der Waals surface area contributed by atoms with Crippen LogP contribution in [0.15, 0.2) is 0 Å². The summed E-state index contributed by atoms with van der Waals surface area (Å²) in [5, 5.41) is 3.21. The molecule has 5 heteroatoms. The molecule has 0 amide bonds. The van der Waals surface area contributed by atoms with Gasteiger partial charge in [-0.2, -0.15) is 0 Å². The van der Waals surface area contributed by atoms with E-state index in [1.807, 2.05) is 0 Å². The average molecular weight is 237 g/mol. The lowest BCUT2D eigenvalue weighted by Crippen LogP contribution is -2.40. The molecule has 0 aliphatic carbocycles. The summed E-state index contributed by atoms with van der Waals surface area (Å²) < 4.78 is 27.5. The Morgan fingerprint density at radius 3 is 2.33 bits per heavy atom. The van der Waals surface area contributed by atoms with Crippen molar-refractivity contribution in [3.8, 4) is 0 Å². The van der Waals surface area contributed by atoms with Crippen molar-refractivity contribution in [1.82, 2.24) is 5.32 Å². The lowest BCUT2D eigenvalue weighted by molar-refractivity contribution is 0.148. The second kappa shape index (κ2) is 7.19. The van der Waals surface area contributed by atoms with Gasteiger partial charge in [0.25, 0.3) is 0 Å². The largest absolute Gasteiger partial charge is 0.383 e. The molecule has 15 heavy (non-hydrogen) atoms. The maximum Gasteiger partial charge on any atom is 0.151 e. The molecule has 92 valence electrons. The molecule has 0 aliphatic heterocycles. The Morgan fingerprint density at radius 2 is 1.93 bits per heavy atom. The highest BCUT2D eigenvalue weighted by Crippen LogP contribution is 2.01. The van der Waals surface area contributed by atoms with Crippen LogP contribution in [-0.4, -0.2) is 46.2 Å². The molecular weight excluding hydrogens is 214 g/mol. The van der Waals surface area contributed by atoms with Crippen LogP contribution in [0.3, 0.4) is 0 Å². The van der Waals surface area contributed by atoms with Crippen molar-refractivity contribution >= 4 is 9.84 Å². The van der Waals surface area contributed by atoms with E-state index in [1.54, 1.807) is 14.0 Å². The minimum absolute atomic E-state index is 0.205. The Morgan fingerprint density at radius 1 is 1.33 bits per heavy atom. The van der Waals surface area contributed by atoms with Crippen LogP contribution in [0, 0.1) is 5.92 Å². The molecule has 0 aromatic rings. The number of rotatable bonds is 8. The summed E-state index contributed by atoms with van der Waals surface area (Å²) in [4.78, 5) is 0. The summed E-state index contributed by atoms with van der Waals surface area (Å²) in [6.07, 6.45) is 0. The van der Waals surface area contributed by atoms with E-state index < -0.39 is 9.84 Å². The van der Waals surface area contributed by atoms with Crippen molar-refractivity contribution in [3.63, 3.8) is 0 Å². The maximum absolute atomic E-state index is 11.2. The fraction of sp³-hybridized carbons (Fsp3) is 1.00. The van der Waals surface area contributed by atoms with Crippen LogP contribution >= 0.6 is 0 Å². The van der Waals surface area contributed by atoms with Crippen LogP contribution in [0.25, 0.3) is 0 Å². The Bertz CT molecular complexity index is 249. The highest BCUT2D eigenvalue weighted by atomic mass is 32.2. The molecule has 0 spiro atoms. The zero-order valence-corrected chi connectivity index (χ0v) is 10.9. The van der Waals surface area contributed by atoms with E-state index in [9.17, 15) is 8.42 Å². The molecule has 0 bridgehead atoms. The highest BCUT2D eigenvalue weighted by molar-refractivity contribution is 7.91. The summed E-state index contributed by atoms with van der Waals surface area (Å²) >= 11 is 0. The van der Waals surface area contributed by atoms with Crippen LogP contribution in [0.2, 0.25) is 0 Å². The number of sulfone groups is 1. The van der Waals surface area contributed by atoms with E-state index >= 15 is 0 Å². The van der Waals surface area contributed by atoms with Gasteiger partial charge in [0.15, 0.2) is 9.84 Å². The van der Waals surface area contributed by atoms with Crippen molar-refractivity contribution < 1.29 is 13.2 Å². The smallest absolute Gasteiger partial charge is 0.151 e. The summed E-state index contributed by atoms with van der Waals surface area (Å²) in [5.41, 5.74) is 0. The second-order valence-corrected chi connectivity index (χ2v) is 6.47. The van der Waals surface area contributed by atoms with E-state index in [0.29, 0.717) is 19.1 Å². The fourth-order valence-electron chi connectivity index (χ4n) is 1.21. The van der Waals surface area contributed by atoms with Gasteiger partial charge in [0.05, 0.1) is 12.4 Å². The van der Waals surface area contributed by atoms with Crippen LogP contribution < -0.4 is 5.32 Å². The third kappa shape index (κ3) is 6.87. The van der Waals surface area contributed by atoms with Crippen molar-refractivity contribution in [1.29, 1.82) is 0 Å². The number of ether oxygens (including phenoxy) is 1. The Kier molecular flexibility index (Phi) is 7.13. The molecule has 0 heterocycles. The zero-order valence-electron chi connectivity index (χ0n) is 10.1. The standard InChI is InChI=1S/C10H23NO3S/c1-5-15(12,13)7-6-11-10(8-14-4)9(2)3/h9-11H,5-8H2,1-4H3. The summed E-state index contributed by atoms with van der Waals surface area (Å²) in [6, 6.07) is 0.224. The van der Waals surface area contributed by atoms with Gasteiger partial charge in [-0.25, -0.2) is 8.42 Å². The van der Waals surface area contributed by atoms with E-state index in [2.05, 4.69) is 19.2 Å². The molecule has 0 saturated heterocycles. The molecular formula is C10H23NO3S. The molecule has 0 aliphatic rings. The normalized spacial score (nSPS) is 14.5. The Balaban J connectivity index is 3.91. The van der Waals surface area contributed by atoms with E-state index in [4.69, 9.17) is 4.74 Å². The number of hydrogen-bond donors (Lipinski definition) is 1. The monoisotopic (exact) mass is 237 g/mol. The van der Waals surface area contributed by atoms with Crippen molar-refractivity contribution in [2.45, 2.75) is 26.8 Å². The van der Waals surface area contributed by atoms with Crippen LogP contribution in [0.4, 0.5) is 0 Å². The van der Waals surface area contributed by atoms with Gasteiger partial charge < -0.3 is 10.1 Å². The fourth-order valence-corrected chi connectivity index (χ4v) is 1.93. The third-order valence-corrected chi connectivity index (χ3v) is 4.12. The minimum atomic E-state index is -2.86. The van der Waals surface area contributed by atoms with Crippen molar-refractivity contribution in [2.75, 3.05) is 31.8 Å². The average Bonchev–Trinajstić information content (AvgIpc) is 2.16. The first-order chi connectivity index (χ1) is 6.93. The molecule has 1 N–H and O–H groups in total. The van der Waals surface area contributed by atoms with E-state index in [0.717, 1.165) is 0 Å². The lowest BCUT2D eigenvalue weighted by Gasteiger charge is -2.21. The SMILES string of the molecule is CCS(=O)(=O)CCNC(COC)C(C)C. The number of methoxy groups -OCH3 is 1. The van der Waals surface area contributed by atoms with Gasteiger partial charge in [0, 0.05) is 25.4 Å². The van der Waals surface area contributed by atoms with Crippen molar-refractivity contribution in [3.05, 3.63) is 0 Å². The number of hydrogen-bond acceptors (Lipinski definition) is 4. The lowest BCUT2D eigenvalue weighted by atomic mass is 10.1. The van der Waals surface area contributed by atoms with Gasteiger partial charge in [0.1, 0.15) is 0 Å². The second-order valence-electron chi connectivity index (χ2n) is 4.00. The summed E-state index contributed by atoms with van der Waals surface area (Å²) in [7, 11) is -1.21. The van der Waals surface area contributed by atoms with Gasteiger partial charge in [-0.15, -0.1) is 0 Å². The molecule has 0 rings (SSSR count). The molecule has 0 fully saturated rings. The molecule has 0 aromatic heterocycles. The predicted octanol–water partition coefficient (Wildman–Crippen LogP) is 0.682. The molecule has 4 nitrogen and oxygen atoms in total. The number of nitrogens with one attached hydrogen (secondary N) is 1. The van der Waals surface area contributed by atoms with Crippen LogP contribution in [0.5, 0.6) is 0 Å².